The molecule has 150 valence electrons. The van der Waals surface area contributed by atoms with E-state index in [9.17, 15) is 8.42 Å². The number of benzene rings is 2. The van der Waals surface area contributed by atoms with Crippen LogP contribution in [0.1, 0.15) is 30.9 Å². The van der Waals surface area contributed by atoms with Crippen LogP contribution >= 0.6 is 12.2 Å². The van der Waals surface area contributed by atoms with Crippen LogP contribution in [0.15, 0.2) is 54.6 Å². The summed E-state index contributed by atoms with van der Waals surface area (Å²) < 4.78 is 26.9. The van der Waals surface area contributed by atoms with Crippen LogP contribution in [0.3, 0.4) is 0 Å². The monoisotopic (exact) mass is 417 g/mol. The van der Waals surface area contributed by atoms with Crippen LogP contribution in [0, 0.1) is 0 Å². The van der Waals surface area contributed by atoms with Gasteiger partial charge in [-0.05, 0) is 41.4 Å². The number of nitrogens with zero attached hydrogens (tertiary/aromatic N) is 2. The van der Waals surface area contributed by atoms with Crippen molar-refractivity contribution in [3.8, 4) is 0 Å². The molecule has 5 nitrogen and oxygen atoms in total. The first-order valence-corrected chi connectivity index (χ1v) is 11.5. The van der Waals surface area contributed by atoms with Crippen LogP contribution < -0.4 is 5.32 Å². The van der Waals surface area contributed by atoms with Crippen LogP contribution in [0.25, 0.3) is 0 Å². The highest BCUT2D eigenvalue weighted by atomic mass is 32.2. The standard InChI is InChI=1S/C21H27N3O2S2/c1-17(2)19-8-10-20(11-9-19)22-21(27)23-12-14-24(15-13-23)28(25,26)16-18-6-4-3-5-7-18/h3-11,17H,12-16H2,1-2H3,(H,22,27). The number of thiocarbonyl (C=S) groups is 1. The van der Waals surface area contributed by atoms with Crippen molar-refractivity contribution < 1.29 is 8.42 Å². The molecule has 3 rings (SSSR count). The average molecular weight is 418 g/mol. The summed E-state index contributed by atoms with van der Waals surface area (Å²) in [5, 5.41) is 3.90. The molecule has 0 aliphatic carbocycles. The normalized spacial score (nSPS) is 15.6. The van der Waals surface area contributed by atoms with Gasteiger partial charge in [0.2, 0.25) is 10.0 Å². The number of rotatable bonds is 5. The quantitative estimate of drug-likeness (QED) is 0.753. The Morgan fingerprint density at radius 2 is 1.61 bits per heavy atom. The van der Waals surface area contributed by atoms with Crippen molar-refractivity contribution in [3.05, 3.63) is 65.7 Å². The van der Waals surface area contributed by atoms with E-state index in [0.717, 1.165) is 11.3 Å². The van der Waals surface area contributed by atoms with Gasteiger partial charge in [0.25, 0.3) is 0 Å². The summed E-state index contributed by atoms with van der Waals surface area (Å²) in [5.74, 6) is 0.533. The van der Waals surface area contributed by atoms with Gasteiger partial charge in [0, 0.05) is 31.9 Å². The van der Waals surface area contributed by atoms with Crippen LogP contribution in [0.4, 0.5) is 5.69 Å². The first-order valence-electron chi connectivity index (χ1n) is 9.53. The zero-order valence-corrected chi connectivity index (χ0v) is 18.0. The van der Waals surface area contributed by atoms with Gasteiger partial charge in [-0.1, -0.05) is 56.3 Å². The average Bonchev–Trinajstić information content (AvgIpc) is 2.69. The summed E-state index contributed by atoms with van der Waals surface area (Å²) in [4.78, 5) is 2.03. The van der Waals surface area contributed by atoms with Gasteiger partial charge in [-0.25, -0.2) is 8.42 Å². The van der Waals surface area contributed by atoms with Gasteiger partial charge in [-0.2, -0.15) is 4.31 Å². The molecule has 0 unspecified atom stereocenters. The topological polar surface area (TPSA) is 52.6 Å². The van der Waals surface area contributed by atoms with Crippen molar-refractivity contribution in [1.29, 1.82) is 0 Å². The second-order valence-corrected chi connectivity index (χ2v) is 9.69. The fraction of sp³-hybridized carbons (Fsp3) is 0.381. The maximum absolute atomic E-state index is 12.7. The molecule has 28 heavy (non-hydrogen) atoms. The van der Waals surface area contributed by atoms with Gasteiger partial charge in [0.1, 0.15) is 0 Å². The van der Waals surface area contributed by atoms with Crippen molar-refractivity contribution >= 4 is 33.0 Å². The summed E-state index contributed by atoms with van der Waals surface area (Å²) in [7, 11) is -3.31. The Morgan fingerprint density at radius 3 is 2.18 bits per heavy atom. The minimum absolute atomic E-state index is 0.0404. The summed E-state index contributed by atoms with van der Waals surface area (Å²) >= 11 is 5.52. The number of hydrogen-bond acceptors (Lipinski definition) is 3. The Morgan fingerprint density at radius 1 is 1.00 bits per heavy atom. The fourth-order valence-electron chi connectivity index (χ4n) is 3.20. The molecule has 0 atom stereocenters. The van der Waals surface area contributed by atoms with Gasteiger partial charge in [0.05, 0.1) is 5.75 Å². The molecule has 0 radical (unpaired) electrons. The number of nitrogens with one attached hydrogen (secondary N) is 1. The van der Waals surface area contributed by atoms with Crippen LogP contribution in [0.2, 0.25) is 0 Å². The van der Waals surface area contributed by atoms with E-state index in [1.165, 1.54) is 5.56 Å². The van der Waals surface area contributed by atoms with Crippen LogP contribution in [-0.2, 0) is 15.8 Å². The molecular formula is C21H27N3O2S2. The summed E-state index contributed by atoms with van der Waals surface area (Å²) in [6, 6.07) is 17.6. The molecule has 0 bridgehead atoms. The highest BCUT2D eigenvalue weighted by molar-refractivity contribution is 7.88. The van der Waals surface area contributed by atoms with Crippen molar-refractivity contribution in [2.24, 2.45) is 0 Å². The van der Waals surface area contributed by atoms with E-state index in [1.807, 2.05) is 47.4 Å². The van der Waals surface area contributed by atoms with Crippen LogP contribution in [0.5, 0.6) is 0 Å². The van der Waals surface area contributed by atoms with Crippen molar-refractivity contribution in [2.75, 3.05) is 31.5 Å². The smallest absolute Gasteiger partial charge is 0.218 e. The minimum atomic E-state index is -3.31. The van der Waals surface area contributed by atoms with Gasteiger partial charge >= 0.3 is 0 Å². The van der Waals surface area contributed by atoms with E-state index in [0.29, 0.717) is 37.2 Å². The molecule has 0 spiro atoms. The third-order valence-corrected chi connectivity index (χ3v) is 7.15. The van der Waals surface area contributed by atoms with Gasteiger partial charge in [0.15, 0.2) is 5.11 Å². The molecule has 1 aliphatic heterocycles. The zero-order valence-electron chi connectivity index (χ0n) is 16.3. The summed E-state index contributed by atoms with van der Waals surface area (Å²) in [5.41, 5.74) is 3.05. The molecular weight excluding hydrogens is 390 g/mol. The molecule has 0 amide bonds. The first kappa shape index (κ1) is 20.8. The van der Waals surface area contributed by atoms with E-state index >= 15 is 0 Å². The number of hydrogen-bond donors (Lipinski definition) is 1. The van der Waals surface area contributed by atoms with Gasteiger partial charge in [-0.3, -0.25) is 0 Å². The molecule has 1 heterocycles. The maximum atomic E-state index is 12.7. The highest BCUT2D eigenvalue weighted by Gasteiger charge is 2.28. The molecule has 0 aromatic heterocycles. The van der Waals surface area contributed by atoms with E-state index in [1.54, 1.807) is 4.31 Å². The molecule has 1 fully saturated rings. The summed E-state index contributed by atoms with van der Waals surface area (Å²) in [6.07, 6.45) is 0. The lowest BCUT2D eigenvalue weighted by molar-refractivity contribution is 0.268. The molecule has 1 N–H and O–H groups in total. The van der Waals surface area contributed by atoms with Crippen molar-refractivity contribution in [2.45, 2.75) is 25.5 Å². The fourth-order valence-corrected chi connectivity index (χ4v) is 5.02. The third-order valence-electron chi connectivity index (χ3n) is 4.94. The third kappa shape index (κ3) is 5.31. The highest BCUT2D eigenvalue weighted by Crippen LogP contribution is 2.18. The van der Waals surface area contributed by atoms with E-state index < -0.39 is 10.0 Å². The number of anilines is 1. The second-order valence-electron chi connectivity index (χ2n) is 7.33. The molecule has 2 aromatic carbocycles. The lowest BCUT2D eigenvalue weighted by Gasteiger charge is -2.35. The lowest BCUT2D eigenvalue weighted by atomic mass is 10.0. The van der Waals surface area contributed by atoms with Gasteiger partial charge < -0.3 is 10.2 Å². The maximum Gasteiger partial charge on any atom is 0.218 e. The number of sulfonamides is 1. The molecule has 1 saturated heterocycles. The largest absolute Gasteiger partial charge is 0.346 e. The lowest BCUT2D eigenvalue weighted by Crippen LogP contribution is -2.51. The molecule has 7 heteroatoms. The van der Waals surface area contributed by atoms with E-state index in [-0.39, 0.29) is 5.75 Å². The molecule has 0 saturated carbocycles. The Hall–Kier alpha value is -1.96. The minimum Gasteiger partial charge on any atom is -0.346 e. The van der Waals surface area contributed by atoms with E-state index in [4.69, 9.17) is 12.2 Å². The second kappa shape index (κ2) is 9.03. The van der Waals surface area contributed by atoms with Gasteiger partial charge in [-0.15, -0.1) is 0 Å². The zero-order chi connectivity index (χ0) is 20.1. The Kier molecular flexibility index (Phi) is 6.69. The Balaban J connectivity index is 1.53. The Labute approximate surface area is 173 Å². The summed E-state index contributed by atoms with van der Waals surface area (Å²) in [6.45, 7) is 6.40. The molecule has 2 aromatic rings. The van der Waals surface area contributed by atoms with Crippen LogP contribution in [-0.4, -0.2) is 48.9 Å². The van der Waals surface area contributed by atoms with E-state index in [2.05, 4.69) is 31.3 Å². The number of piperazine rings is 1. The van der Waals surface area contributed by atoms with Crippen molar-refractivity contribution in [3.63, 3.8) is 0 Å². The Bertz CT molecular complexity index is 889. The molecule has 1 aliphatic rings. The predicted octanol–water partition coefficient (Wildman–Crippen LogP) is 3.65. The predicted molar refractivity (Wildman–Crippen MR) is 119 cm³/mol. The SMILES string of the molecule is CC(C)c1ccc(NC(=S)N2CCN(S(=O)(=O)Cc3ccccc3)CC2)cc1. The first-order chi connectivity index (χ1) is 13.3. The van der Waals surface area contributed by atoms with Crippen molar-refractivity contribution in [1.82, 2.24) is 9.21 Å².